The van der Waals surface area contributed by atoms with Gasteiger partial charge in [-0.2, -0.15) is 0 Å². The summed E-state index contributed by atoms with van der Waals surface area (Å²) in [5.74, 6) is -0.314. The number of piperazine rings is 1. The van der Waals surface area contributed by atoms with Crippen LogP contribution in [0.15, 0.2) is 107 Å². The average molecular weight is 1000 g/mol. The van der Waals surface area contributed by atoms with E-state index < -0.39 is 42.6 Å². The van der Waals surface area contributed by atoms with Crippen molar-refractivity contribution in [2.24, 2.45) is 11.3 Å². The molecule has 1 amide bonds. The molecule has 5 N–H and O–H groups in total. The Morgan fingerprint density at radius 1 is 0.986 bits per heavy atom. The molecule has 3 aromatic carbocycles. The van der Waals surface area contributed by atoms with Gasteiger partial charge in [-0.15, -0.1) is 11.3 Å². The van der Waals surface area contributed by atoms with Crippen LogP contribution in [0.5, 0.6) is 11.5 Å². The maximum Gasteiger partial charge on any atom is 0.293 e. The van der Waals surface area contributed by atoms with Crippen LogP contribution < -0.4 is 19.7 Å². The fourth-order valence-corrected chi connectivity index (χ4v) is 12.0. The Labute approximate surface area is 419 Å². The standard InChI is InChI=1S/C54H63N7O8S2/c1-52(2)17-15-38(45(30-52)49-27-39(34-70-49)36-7-6-8-40(25-36)53(3,4)63)33-59-21-23-60(24-22-59)41-9-11-44(48(28-41)69-42-26-37-16-20-55-50(37)57-32-42)51(62)58-71(67,68)43-10-12-46(47(29-43)61(65)66)56-31-35-13-18-54(5,64)19-14-35/h6-12,16,20,25-29,32,34-35,56,63-64H,13-15,17-19,21-24,30-31,33H2,1-5H3,(H,55,57)(H,58,62). The molecule has 1 aliphatic heterocycles. The second kappa shape index (κ2) is 19.8. The minimum Gasteiger partial charge on any atom is -0.455 e. The van der Waals surface area contributed by atoms with E-state index in [1.165, 1.54) is 34.4 Å². The molecule has 71 heavy (non-hydrogen) atoms. The number of aromatic nitrogens is 2. The number of aliphatic hydroxyl groups is 2. The number of sulfonamides is 1. The van der Waals surface area contributed by atoms with Gasteiger partial charge in [0.15, 0.2) is 0 Å². The Kier molecular flexibility index (Phi) is 13.9. The van der Waals surface area contributed by atoms with Crippen molar-refractivity contribution in [2.45, 2.75) is 95.7 Å². The van der Waals surface area contributed by atoms with E-state index in [1.807, 2.05) is 39.0 Å². The zero-order valence-electron chi connectivity index (χ0n) is 41.0. The second-order valence-corrected chi connectivity index (χ2v) is 23.7. The average Bonchev–Trinajstić information content (AvgIpc) is 4.02. The van der Waals surface area contributed by atoms with Gasteiger partial charge in [0.25, 0.3) is 21.6 Å². The van der Waals surface area contributed by atoms with Crippen LogP contribution in [-0.2, 0) is 15.6 Å². The number of anilines is 2. The molecule has 6 aromatic rings. The van der Waals surface area contributed by atoms with Crippen LogP contribution in [0.4, 0.5) is 17.1 Å². The highest BCUT2D eigenvalue weighted by Gasteiger charge is 2.32. The molecule has 3 aromatic heterocycles. The Morgan fingerprint density at radius 2 is 1.76 bits per heavy atom. The van der Waals surface area contributed by atoms with Crippen LogP contribution in [0.1, 0.15) is 100 Å². The maximum absolute atomic E-state index is 14.0. The van der Waals surface area contributed by atoms with E-state index in [-0.39, 0.29) is 28.3 Å². The summed E-state index contributed by atoms with van der Waals surface area (Å²) in [4.78, 5) is 38.7. The van der Waals surface area contributed by atoms with Crippen molar-refractivity contribution in [1.29, 1.82) is 0 Å². The molecule has 3 aliphatic rings. The van der Waals surface area contributed by atoms with Gasteiger partial charge < -0.3 is 30.2 Å². The number of allylic oxidation sites excluding steroid dienone is 1. The number of fused-ring (bicyclic) bond motifs is 1. The number of amides is 1. The number of benzene rings is 3. The number of hydrogen-bond acceptors (Lipinski definition) is 13. The normalized spacial score (nSPS) is 20.0. The Hall–Kier alpha value is -6.11. The Balaban J connectivity index is 0.914. The van der Waals surface area contributed by atoms with Gasteiger partial charge in [-0.3, -0.25) is 19.8 Å². The molecule has 4 heterocycles. The first-order valence-electron chi connectivity index (χ1n) is 24.4. The van der Waals surface area contributed by atoms with Crippen LogP contribution >= 0.6 is 11.3 Å². The number of rotatable bonds is 15. The molecule has 17 heteroatoms. The number of nitrogens with zero attached hydrogens (tertiary/aromatic N) is 4. The van der Waals surface area contributed by atoms with Crippen LogP contribution in [0, 0.1) is 21.4 Å². The second-order valence-electron chi connectivity index (χ2n) is 21.1. The largest absolute Gasteiger partial charge is 0.455 e. The van der Waals surface area contributed by atoms with E-state index in [1.54, 1.807) is 41.8 Å². The number of nitro groups is 1. The highest BCUT2D eigenvalue weighted by Crippen LogP contribution is 2.46. The molecule has 9 rings (SSSR count). The fourth-order valence-electron chi connectivity index (χ4n) is 9.98. The fraction of sp³-hybridized carbons (Fsp3) is 0.407. The highest BCUT2D eigenvalue weighted by molar-refractivity contribution is 7.90. The van der Waals surface area contributed by atoms with E-state index >= 15 is 0 Å². The van der Waals surface area contributed by atoms with Gasteiger partial charge >= 0.3 is 0 Å². The third kappa shape index (κ3) is 11.7. The Morgan fingerprint density at radius 3 is 2.51 bits per heavy atom. The summed E-state index contributed by atoms with van der Waals surface area (Å²) in [6.45, 7) is 14.4. The predicted molar refractivity (Wildman–Crippen MR) is 280 cm³/mol. The summed E-state index contributed by atoms with van der Waals surface area (Å²) < 4.78 is 36.1. The Bertz CT molecular complexity index is 3100. The zero-order valence-corrected chi connectivity index (χ0v) is 42.6. The van der Waals surface area contributed by atoms with Gasteiger partial charge in [0.2, 0.25) is 0 Å². The van der Waals surface area contributed by atoms with E-state index in [2.05, 4.69) is 67.2 Å². The number of H-pyrrole nitrogens is 1. The smallest absolute Gasteiger partial charge is 0.293 e. The van der Waals surface area contributed by atoms with Crippen molar-refractivity contribution < 1.29 is 33.1 Å². The number of thiophene rings is 1. The van der Waals surface area contributed by atoms with E-state index in [4.69, 9.17) is 4.74 Å². The summed E-state index contributed by atoms with van der Waals surface area (Å²) in [5, 5.41) is 39.3. The summed E-state index contributed by atoms with van der Waals surface area (Å²) in [7, 11) is -4.59. The topological polar surface area (TPSA) is 203 Å². The van der Waals surface area contributed by atoms with Gasteiger partial charge in [0.1, 0.15) is 22.8 Å². The SMILES string of the molecule is CC1(C)CCC(CN2CCN(c3ccc(C(=O)NS(=O)(=O)c4ccc(NCC5CCC(C)(O)CC5)c([N+](=O)[O-])c4)c(Oc4cnc5[nH]ccc5c4)c3)CC2)=C(c2cc(-c3cccc(C(C)(C)O)c3)cs2)C1. The van der Waals surface area contributed by atoms with E-state index in [9.17, 15) is 33.5 Å². The molecule has 2 fully saturated rings. The van der Waals surface area contributed by atoms with Crippen molar-refractivity contribution in [3.63, 3.8) is 0 Å². The third-order valence-electron chi connectivity index (χ3n) is 14.4. The lowest BCUT2D eigenvalue weighted by Crippen LogP contribution is -2.47. The zero-order chi connectivity index (χ0) is 50.3. The number of nitro benzene ring substituents is 1. The molecule has 0 spiro atoms. The molecule has 0 unspecified atom stereocenters. The molecule has 1 saturated heterocycles. The minimum atomic E-state index is -4.59. The molecule has 15 nitrogen and oxygen atoms in total. The summed E-state index contributed by atoms with van der Waals surface area (Å²) in [6.07, 6.45) is 9.20. The quantitative estimate of drug-likeness (QED) is 0.0482. The van der Waals surface area contributed by atoms with E-state index in [0.29, 0.717) is 43.9 Å². The molecular weight excluding hydrogens is 939 g/mol. The summed E-state index contributed by atoms with van der Waals surface area (Å²) in [6, 6.07) is 22.7. The van der Waals surface area contributed by atoms with Crippen molar-refractivity contribution in [3.05, 3.63) is 128 Å². The van der Waals surface area contributed by atoms with Gasteiger partial charge in [0, 0.05) is 73.5 Å². The van der Waals surface area contributed by atoms with E-state index in [0.717, 1.165) is 85.6 Å². The molecule has 0 atom stereocenters. The van der Waals surface area contributed by atoms with Crippen molar-refractivity contribution in [3.8, 4) is 22.6 Å². The predicted octanol–water partition coefficient (Wildman–Crippen LogP) is 10.5. The molecule has 0 bridgehead atoms. The number of ether oxygens (including phenoxy) is 1. The molecular formula is C54H63N7O8S2. The third-order valence-corrected chi connectivity index (χ3v) is 16.7. The number of hydrogen-bond donors (Lipinski definition) is 5. The number of nitrogens with one attached hydrogen (secondary N) is 3. The van der Waals surface area contributed by atoms with Gasteiger partial charge in [0.05, 0.1) is 32.8 Å². The summed E-state index contributed by atoms with van der Waals surface area (Å²) >= 11 is 1.78. The first-order chi connectivity index (χ1) is 33.7. The van der Waals surface area contributed by atoms with Gasteiger partial charge in [-0.25, -0.2) is 18.1 Å². The lowest BCUT2D eigenvalue weighted by molar-refractivity contribution is -0.384. The van der Waals surface area contributed by atoms with Crippen LogP contribution in [0.25, 0.3) is 27.7 Å². The maximum atomic E-state index is 14.0. The molecule has 0 radical (unpaired) electrons. The van der Waals surface area contributed by atoms with Crippen molar-refractivity contribution >= 4 is 60.9 Å². The molecule has 1 saturated carbocycles. The first-order valence-corrected chi connectivity index (χ1v) is 26.7. The van der Waals surface area contributed by atoms with Gasteiger partial charge in [-0.1, -0.05) is 37.6 Å². The lowest BCUT2D eigenvalue weighted by Gasteiger charge is -2.39. The van der Waals surface area contributed by atoms with Crippen molar-refractivity contribution in [2.75, 3.05) is 49.5 Å². The lowest BCUT2D eigenvalue weighted by atomic mass is 9.73. The summed E-state index contributed by atoms with van der Waals surface area (Å²) in [5.41, 5.74) is 5.70. The number of carbonyl (C=O) groups is 1. The monoisotopic (exact) mass is 1000 g/mol. The van der Waals surface area contributed by atoms with Crippen LogP contribution in [0.3, 0.4) is 0 Å². The van der Waals surface area contributed by atoms with Crippen LogP contribution in [-0.4, -0.2) is 89.2 Å². The molecule has 374 valence electrons. The van der Waals surface area contributed by atoms with Crippen LogP contribution in [0.2, 0.25) is 0 Å². The molecule has 2 aliphatic carbocycles. The minimum absolute atomic E-state index is 0.0502. The number of aromatic amines is 1. The number of pyridine rings is 1. The first kappa shape index (κ1) is 49.9. The van der Waals surface area contributed by atoms with Crippen molar-refractivity contribution in [1.82, 2.24) is 19.6 Å². The van der Waals surface area contributed by atoms with Gasteiger partial charge in [-0.05, 0) is 153 Å². The number of carbonyl (C=O) groups excluding carboxylic acids is 1. The highest BCUT2D eigenvalue weighted by atomic mass is 32.2.